The van der Waals surface area contributed by atoms with E-state index < -0.39 is 0 Å². The zero-order valence-corrected chi connectivity index (χ0v) is 12.0. The molecule has 3 heteroatoms. The number of hydrogen-bond acceptors (Lipinski definition) is 2. The van der Waals surface area contributed by atoms with E-state index in [0.29, 0.717) is 12.5 Å². The Morgan fingerprint density at radius 1 is 1.21 bits per heavy atom. The number of rotatable bonds is 2. The Labute approximate surface area is 119 Å². The zero-order chi connectivity index (χ0) is 13.0. The van der Waals surface area contributed by atoms with Gasteiger partial charge in [0.05, 0.1) is 11.0 Å². The minimum absolute atomic E-state index is 0.475. The molecule has 96 valence electrons. The van der Waals surface area contributed by atoms with Gasteiger partial charge < -0.3 is 10.2 Å². The first kappa shape index (κ1) is 11.5. The van der Waals surface area contributed by atoms with E-state index in [0.717, 1.165) is 15.8 Å². The van der Waals surface area contributed by atoms with Gasteiger partial charge in [0.1, 0.15) is 11.3 Å². The third kappa shape index (κ3) is 1.65. The fraction of sp³-hybridized carbons (Fsp3) is 0.250. The number of fused-ring (bicyclic) bond motifs is 2. The Kier molecular flexibility index (Phi) is 2.47. The summed E-state index contributed by atoms with van der Waals surface area (Å²) in [5, 5.41) is 3.66. The van der Waals surface area contributed by atoms with Crippen LogP contribution < -0.4 is 5.73 Å². The topological polar surface area (TPSA) is 39.2 Å². The summed E-state index contributed by atoms with van der Waals surface area (Å²) in [6.07, 6.45) is 2.51. The lowest BCUT2D eigenvalue weighted by atomic mass is 10.0. The SMILES string of the molecule is NCc1oc2c(Br)c3ccccc3cc2c1C1CC1. The van der Waals surface area contributed by atoms with Crippen molar-refractivity contribution in [3.05, 3.63) is 46.1 Å². The Morgan fingerprint density at radius 3 is 2.74 bits per heavy atom. The van der Waals surface area contributed by atoms with Crippen LogP contribution in [0.4, 0.5) is 0 Å². The van der Waals surface area contributed by atoms with Gasteiger partial charge in [0, 0.05) is 10.9 Å². The van der Waals surface area contributed by atoms with Crippen LogP contribution in [0, 0.1) is 0 Å². The smallest absolute Gasteiger partial charge is 0.149 e. The summed E-state index contributed by atoms with van der Waals surface area (Å²) < 4.78 is 7.06. The molecule has 2 N–H and O–H groups in total. The van der Waals surface area contributed by atoms with Gasteiger partial charge in [-0.25, -0.2) is 0 Å². The molecule has 19 heavy (non-hydrogen) atoms. The molecule has 0 radical (unpaired) electrons. The number of hydrogen-bond donors (Lipinski definition) is 1. The summed E-state index contributed by atoms with van der Waals surface area (Å²) in [4.78, 5) is 0. The molecule has 1 aliphatic rings. The minimum atomic E-state index is 0.475. The molecule has 1 aromatic heterocycles. The Hall–Kier alpha value is -1.32. The highest BCUT2D eigenvalue weighted by atomic mass is 79.9. The fourth-order valence-corrected chi connectivity index (χ4v) is 3.54. The number of halogens is 1. The van der Waals surface area contributed by atoms with Crippen molar-refractivity contribution in [3.63, 3.8) is 0 Å². The maximum atomic E-state index is 6.02. The molecular weight excluding hydrogens is 302 g/mol. The van der Waals surface area contributed by atoms with Crippen molar-refractivity contribution in [1.82, 2.24) is 0 Å². The average molecular weight is 316 g/mol. The molecule has 0 atom stereocenters. The van der Waals surface area contributed by atoms with E-state index in [-0.39, 0.29) is 0 Å². The summed E-state index contributed by atoms with van der Waals surface area (Å²) in [6, 6.07) is 10.6. The molecule has 4 rings (SSSR count). The highest BCUT2D eigenvalue weighted by Crippen LogP contribution is 2.48. The van der Waals surface area contributed by atoms with E-state index >= 15 is 0 Å². The van der Waals surface area contributed by atoms with Crippen molar-refractivity contribution in [2.75, 3.05) is 0 Å². The van der Waals surface area contributed by atoms with E-state index in [1.54, 1.807) is 0 Å². The Bertz CT molecular complexity index is 786. The minimum Gasteiger partial charge on any atom is -0.458 e. The van der Waals surface area contributed by atoms with Crippen LogP contribution in [0.15, 0.2) is 39.2 Å². The van der Waals surface area contributed by atoms with Crippen LogP contribution in [0.5, 0.6) is 0 Å². The maximum Gasteiger partial charge on any atom is 0.149 e. The second-order valence-electron chi connectivity index (χ2n) is 5.21. The first-order chi connectivity index (χ1) is 9.29. The normalized spacial score (nSPS) is 15.5. The lowest BCUT2D eigenvalue weighted by Gasteiger charge is -2.02. The van der Waals surface area contributed by atoms with E-state index in [4.69, 9.17) is 10.2 Å². The quantitative estimate of drug-likeness (QED) is 0.745. The largest absolute Gasteiger partial charge is 0.458 e. The monoisotopic (exact) mass is 315 g/mol. The first-order valence-corrected chi connectivity index (χ1v) is 7.41. The predicted octanol–water partition coefficient (Wildman–Crippen LogP) is 4.68. The van der Waals surface area contributed by atoms with Crippen molar-refractivity contribution >= 4 is 37.7 Å². The van der Waals surface area contributed by atoms with Crippen LogP contribution in [0.25, 0.3) is 21.7 Å². The van der Waals surface area contributed by atoms with Gasteiger partial charge in [-0.2, -0.15) is 0 Å². The van der Waals surface area contributed by atoms with E-state index in [1.807, 2.05) is 6.07 Å². The molecule has 1 heterocycles. The molecular formula is C16H14BrNO. The second-order valence-corrected chi connectivity index (χ2v) is 6.00. The average Bonchev–Trinajstić information content (AvgIpc) is 3.20. The molecule has 0 spiro atoms. The first-order valence-electron chi connectivity index (χ1n) is 6.62. The van der Waals surface area contributed by atoms with E-state index in [2.05, 4.69) is 40.2 Å². The molecule has 1 aliphatic carbocycles. The van der Waals surface area contributed by atoms with Crippen LogP contribution in [-0.4, -0.2) is 0 Å². The van der Waals surface area contributed by atoms with Crippen LogP contribution in [-0.2, 0) is 6.54 Å². The lowest BCUT2D eigenvalue weighted by molar-refractivity contribution is 0.545. The molecule has 1 fully saturated rings. The Morgan fingerprint density at radius 2 is 2.00 bits per heavy atom. The van der Waals surface area contributed by atoms with Crippen LogP contribution in [0.3, 0.4) is 0 Å². The van der Waals surface area contributed by atoms with Crippen LogP contribution in [0.2, 0.25) is 0 Å². The van der Waals surface area contributed by atoms with Gasteiger partial charge >= 0.3 is 0 Å². The molecule has 2 nitrogen and oxygen atoms in total. The molecule has 1 saturated carbocycles. The van der Waals surface area contributed by atoms with Crippen molar-refractivity contribution in [3.8, 4) is 0 Å². The van der Waals surface area contributed by atoms with Gasteiger partial charge in [0.15, 0.2) is 0 Å². The van der Waals surface area contributed by atoms with Crippen molar-refractivity contribution in [2.45, 2.75) is 25.3 Å². The third-order valence-corrected chi connectivity index (χ3v) is 4.72. The van der Waals surface area contributed by atoms with E-state index in [1.165, 1.54) is 34.6 Å². The maximum absolute atomic E-state index is 6.02. The molecule has 0 saturated heterocycles. The highest BCUT2D eigenvalue weighted by Gasteiger charge is 2.31. The molecule has 0 bridgehead atoms. The van der Waals surface area contributed by atoms with E-state index in [9.17, 15) is 0 Å². The van der Waals surface area contributed by atoms with Crippen molar-refractivity contribution in [2.24, 2.45) is 5.73 Å². The van der Waals surface area contributed by atoms with Gasteiger partial charge in [-0.05, 0) is 51.5 Å². The molecule has 0 amide bonds. The Balaban J connectivity index is 2.15. The summed E-state index contributed by atoms with van der Waals surface area (Å²) in [6.45, 7) is 0.475. The third-order valence-electron chi connectivity index (χ3n) is 3.93. The molecule has 0 aliphatic heterocycles. The van der Waals surface area contributed by atoms with Gasteiger partial charge in [-0.1, -0.05) is 24.3 Å². The number of furan rings is 1. The fourth-order valence-electron chi connectivity index (χ4n) is 2.88. The standard InChI is InChI=1S/C16H14BrNO/c17-15-11-4-2-1-3-10(11)7-12-14(9-5-6-9)13(8-18)19-16(12)15/h1-4,7,9H,5-6,8,18H2. The van der Waals surface area contributed by atoms with Crippen molar-refractivity contribution < 1.29 is 4.42 Å². The number of benzene rings is 2. The molecule has 2 aromatic carbocycles. The molecule has 0 unspecified atom stereocenters. The zero-order valence-electron chi connectivity index (χ0n) is 10.4. The van der Waals surface area contributed by atoms with Crippen molar-refractivity contribution in [1.29, 1.82) is 0 Å². The van der Waals surface area contributed by atoms with Gasteiger partial charge in [-0.15, -0.1) is 0 Å². The summed E-state index contributed by atoms with van der Waals surface area (Å²) in [7, 11) is 0. The highest BCUT2D eigenvalue weighted by molar-refractivity contribution is 9.10. The lowest BCUT2D eigenvalue weighted by Crippen LogP contribution is -1.97. The van der Waals surface area contributed by atoms with Gasteiger partial charge in [-0.3, -0.25) is 0 Å². The molecule has 3 aromatic rings. The van der Waals surface area contributed by atoms with Gasteiger partial charge in [0.25, 0.3) is 0 Å². The second kappa shape index (κ2) is 4.09. The summed E-state index contributed by atoms with van der Waals surface area (Å²) in [5.74, 6) is 1.60. The van der Waals surface area contributed by atoms with Crippen LogP contribution in [0.1, 0.15) is 30.1 Å². The van der Waals surface area contributed by atoms with Gasteiger partial charge in [0.2, 0.25) is 0 Å². The predicted molar refractivity (Wildman–Crippen MR) is 81.3 cm³/mol. The van der Waals surface area contributed by atoms with Crippen LogP contribution >= 0.6 is 15.9 Å². The summed E-state index contributed by atoms with van der Waals surface area (Å²) >= 11 is 3.69. The summed E-state index contributed by atoms with van der Waals surface area (Å²) in [5.41, 5.74) is 8.13. The number of nitrogens with two attached hydrogens (primary N) is 1.